The van der Waals surface area contributed by atoms with E-state index in [-0.39, 0.29) is 24.6 Å². The monoisotopic (exact) mass is 423 g/mol. The van der Waals surface area contributed by atoms with Gasteiger partial charge in [-0.15, -0.1) is 0 Å². The van der Waals surface area contributed by atoms with Crippen LogP contribution in [0.1, 0.15) is 5.82 Å². The van der Waals surface area contributed by atoms with Crippen molar-refractivity contribution in [2.75, 3.05) is 13.1 Å². The Morgan fingerprint density at radius 1 is 1.18 bits per heavy atom. The Bertz CT molecular complexity index is 1100. The van der Waals surface area contributed by atoms with Gasteiger partial charge >= 0.3 is 0 Å². The van der Waals surface area contributed by atoms with E-state index in [1.54, 1.807) is 0 Å². The van der Waals surface area contributed by atoms with Crippen molar-refractivity contribution in [3.8, 4) is 0 Å². The lowest BCUT2D eigenvalue weighted by atomic mass is 10.3. The summed E-state index contributed by atoms with van der Waals surface area (Å²) in [4.78, 5) is 4.58. The molecular weight excluding hydrogens is 405 g/mol. The molecule has 148 valence electrons. The van der Waals surface area contributed by atoms with Gasteiger partial charge in [-0.3, -0.25) is 0 Å². The molecule has 0 radical (unpaired) electrons. The molecule has 4 rings (SSSR count). The van der Waals surface area contributed by atoms with Gasteiger partial charge in [-0.05, 0) is 36.4 Å². The van der Waals surface area contributed by atoms with Crippen molar-refractivity contribution in [1.82, 2.24) is 13.9 Å². The first kappa shape index (κ1) is 19.3. The summed E-state index contributed by atoms with van der Waals surface area (Å²) in [6, 6.07) is 13.5. The summed E-state index contributed by atoms with van der Waals surface area (Å²) in [6.07, 6.45) is -2.25. The summed E-state index contributed by atoms with van der Waals surface area (Å²) >= 11 is 5.81. The SMILES string of the molecule is Cn1c(CO[C@H]2CN(S(=O)(=O)c3ccc(Cl)cc3)C[C@H]2F)nc2ccccc21. The maximum atomic E-state index is 14.5. The molecule has 0 bridgehead atoms. The van der Waals surface area contributed by atoms with Gasteiger partial charge in [0.25, 0.3) is 0 Å². The van der Waals surface area contributed by atoms with Crippen molar-refractivity contribution in [2.45, 2.75) is 23.8 Å². The molecule has 0 N–H and O–H groups in total. The van der Waals surface area contributed by atoms with Crippen molar-refractivity contribution >= 4 is 32.7 Å². The Labute approximate surface area is 167 Å². The highest BCUT2D eigenvalue weighted by Gasteiger charge is 2.40. The Morgan fingerprint density at radius 2 is 1.89 bits per heavy atom. The molecule has 6 nitrogen and oxygen atoms in total. The third-order valence-electron chi connectivity index (χ3n) is 4.92. The van der Waals surface area contributed by atoms with Crippen LogP contribution < -0.4 is 0 Å². The lowest BCUT2D eigenvalue weighted by molar-refractivity contribution is 0.00895. The van der Waals surface area contributed by atoms with Gasteiger partial charge in [0, 0.05) is 25.2 Å². The third kappa shape index (κ3) is 3.53. The lowest BCUT2D eigenvalue weighted by Gasteiger charge is -2.16. The molecule has 1 saturated heterocycles. The Morgan fingerprint density at radius 3 is 2.61 bits per heavy atom. The van der Waals surface area contributed by atoms with E-state index >= 15 is 0 Å². The first-order valence-corrected chi connectivity index (χ1v) is 10.6. The molecule has 9 heteroatoms. The summed E-state index contributed by atoms with van der Waals surface area (Å²) in [5.74, 6) is 0.660. The van der Waals surface area contributed by atoms with Gasteiger partial charge in [-0.1, -0.05) is 23.7 Å². The minimum absolute atomic E-state index is 0.0456. The zero-order valence-electron chi connectivity index (χ0n) is 15.1. The van der Waals surface area contributed by atoms with Crippen molar-refractivity contribution in [1.29, 1.82) is 0 Å². The average Bonchev–Trinajstić information content (AvgIpc) is 3.21. The van der Waals surface area contributed by atoms with Crippen LogP contribution in [0.2, 0.25) is 5.02 Å². The van der Waals surface area contributed by atoms with E-state index in [4.69, 9.17) is 16.3 Å². The van der Waals surface area contributed by atoms with Crippen molar-refractivity contribution in [3.63, 3.8) is 0 Å². The lowest BCUT2D eigenvalue weighted by Crippen LogP contribution is -2.30. The van der Waals surface area contributed by atoms with Crippen molar-refractivity contribution in [3.05, 3.63) is 59.4 Å². The maximum absolute atomic E-state index is 14.5. The summed E-state index contributed by atoms with van der Waals surface area (Å²) in [5.41, 5.74) is 1.79. The number of hydrogen-bond acceptors (Lipinski definition) is 4. The number of halogens is 2. The van der Waals surface area contributed by atoms with Gasteiger partial charge in [-0.25, -0.2) is 17.8 Å². The topological polar surface area (TPSA) is 64.4 Å². The number of para-hydroxylation sites is 2. The molecule has 1 aliphatic heterocycles. The third-order valence-corrected chi connectivity index (χ3v) is 7.02. The largest absolute Gasteiger partial charge is 0.366 e. The van der Waals surface area contributed by atoms with Crippen LogP contribution >= 0.6 is 11.6 Å². The second kappa shape index (κ2) is 7.44. The van der Waals surface area contributed by atoms with E-state index in [0.717, 1.165) is 15.3 Å². The minimum atomic E-state index is -3.80. The summed E-state index contributed by atoms with van der Waals surface area (Å²) in [5, 5.41) is 0.437. The van der Waals surface area contributed by atoms with Crippen LogP contribution in [-0.4, -0.2) is 47.6 Å². The zero-order valence-corrected chi connectivity index (χ0v) is 16.7. The smallest absolute Gasteiger partial charge is 0.243 e. The number of hydrogen-bond donors (Lipinski definition) is 0. The number of ether oxygens (including phenoxy) is 1. The molecule has 0 unspecified atom stereocenters. The first-order valence-electron chi connectivity index (χ1n) is 8.78. The minimum Gasteiger partial charge on any atom is -0.366 e. The molecule has 0 spiro atoms. The van der Waals surface area contributed by atoms with Crippen LogP contribution in [0.25, 0.3) is 11.0 Å². The molecule has 0 amide bonds. The average molecular weight is 424 g/mol. The van der Waals surface area contributed by atoms with Crippen LogP contribution in [0.5, 0.6) is 0 Å². The van der Waals surface area contributed by atoms with Crippen LogP contribution in [-0.2, 0) is 28.4 Å². The quantitative estimate of drug-likeness (QED) is 0.632. The highest BCUT2D eigenvalue weighted by atomic mass is 35.5. The van der Waals surface area contributed by atoms with E-state index < -0.39 is 22.3 Å². The van der Waals surface area contributed by atoms with Gasteiger partial charge in [0.1, 0.15) is 24.7 Å². The number of imidazole rings is 1. The number of nitrogens with zero attached hydrogens (tertiary/aromatic N) is 3. The van der Waals surface area contributed by atoms with Crippen LogP contribution in [0, 0.1) is 0 Å². The number of fused-ring (bicyclic) bond motifs is 1. The van der Waals surface area contributed by atoms with Crippen LogP contribution in [0.4, 0.5) is 4.39 Å². The maximum Gasteiger partial charge on any atom is 0.243 e. The number of rotatable bonds is 5. The first-order chi connectivity index (χ1) is 13.4. The highest BCUT2D eigenvalue weighted by molar-refractivity contribution is 7.89. The fraction of sp³-hybridized carbons (Fsp3) is 0.316. The van der Waals surface area contributed by atoms with Gasteiger partial charge in [0.2, 0.25) is 10.0 Å². The highest BCUT2D eigenvalue weighted by Crippen LogP contribution is 2.26. The molecule has 0 saturated carbocycles. The van der Waals surface area contributed by atoms with Gasteiger partial charge in [0.05, 0.1) is 15.9 Å². The summed E-state index contributed by atoms with van der Waals surface area (Å²) < 4.78 is 48.6. The van der Waals surface area contributed by atoms with Gasteiger partial charge < -0.3 is 9.30 Å². The molecule has 1 fully saturated rings. The summed E-state index contributed by atoms with van der Waals surface area (Å²) in [7, 11) is -1.93. The predicted octanol–water partition coefficient (Wildman–Crippen LogP) is 3.15. The molecule has 1 aromatic heterocycles. The molecule has 3 aromatic rings. The molecule has 2 aromatic carbocycles. The van der Waals surface area contributed by atoms with Gasteiger partial charge in [0.15, 0.2) is 0 Å². The Kier molecular flexibility index (Phi) is 5.13. The van der Waals surface area contributed by atoms with E-state index in [2.05, 4.69) is 4.98 Å². The van der Waals surface area contributed by atoms with Crippen molar-refractivity contribution in [2.24, 2.45) is 7.05 Å². The Balaban J connectivity index is 1.46. The second-order valence-electron chi connectivity index (χ2n) is 6.72. The van der Waals surface area contributed by atoms with Crippen molar-refractivity contribution < 1.29 is 17.5 Å². The van der Waals surface area contributed by atoms with Crippen LogP contribution in [0.15, 0.2) is 53.4 Å². The zero-order chi connectivity index (χ0) is 19.9. The molecule has 28 heavy (non-hydrogen) atoms. The van der Waals surface area contributed by atoms with E-state index in [9.17, 15) is 12.8 Å². The number of sulfonamides is 1. The fourth-order valence-corrected chi connectivity index (χ4v) is 4.90. The molecule has 0 aliphatic carbocycles. The van der Waals surface area contributed by atoms with Crippen LogP contribution in [0.3, 0.4) is 0 Å². The van der Waals surface area contributed by atoms with E-state index in [1.807, 2.05) is 35.9 Å². The summed E-state index contributed by atoms with van der Waals surface area (Å²) in [6.45, 7) is -0.181. The molecular formula is C19H19ClFN3O3S. The number of benzene rings is 2. The van der Waals surface area contributed by atoms with E-state index in [0.29, 0.717) is 10.8 Å². The van der Waals surface area contributed by atoms with E-state index in [1.165, 1.54) is 24.3 Å². The second-order valence-corrected chi connectivity index (χ2v) is 9.09. The number of aromatic nitrogens is 2. The standard InChI is InChI=1S/C19H19ClFN3O3S/c1-23-17-5-3-2-4-16(17)22-19(23)12-27-18-11-24(10-15(18)21)28(25,26)14-8-6-13(20)7-9-14/h2-9,15,18H,10-12H2,1H3/t15-,18+/m1/s1. The van der Waals surface area contributed by atoms with Gasteiger partial charge in [-0.2, -0.15) is 4.31 Å². The normalized spacial score (nSPS) is 20.8. The predicted molar refractivity (Wildman–Crippen MR) is 104 cm³/mol. The Hall–Kier alpha value is -2.00. The number of aryl methyl sites for hydroxylation is 1. The molecule has 1 aliphatic rings. The fourth-order valence-electron chi connectivity index (χ4n) is 3.32. The number of alkyl halides is 1. The molecule has 2 atom stereocenters. The molecule has 2 heterocycles.